The summed E-state index contributed by atoms with van der Waals surface area (Å²) in [5, 5.41) is 0. The van der Waals surface area contributed by atoms with E-state index in [0.717, 1.165) is 15.6 Å². The molecule has 0 saturated heterocycles. The van der Waals surface area contributed by atoms with Crippen LogP contribution < -0.4 is 0 Å². The lowest BCUT2D eigenvalue weighted by atomic mass is 9.92. The van der Waals surface area contributed by atoms with Crippen LogP contribution in [-0.2, 0) is 27.2 Å². The van der Waals surface area contributed by atoms with Gasteiger partial charge in [-0.3, -0.25) is 9.59 Å². The van der Waals surface area contributed by atoms with Gasteiger partial charge in [0.25, 0.3) is 0 Å². The van der Waals surface area contributed by atoms with Crippen LogP contribution in [0.15, 0.2) is 59.1 Å². The molecule has 2 aromatic carbocycles. The summed E-state index contributed by atoms with van der Waals surface area (Å²) < 4.78 is 6.52. The van der Waals surface area contributed by atoms with Gasteiger partial charge in [-0.25, -0.2) is 0 Å². The van der Waals surface area contributed by atoms with Gasteiger partial charge in [-0.05, 0) is 50.5 Å². The highest BCUT2D eigenvalue weighted by molar-refractivity contribution is 9.10. The van der Waals surface area contributed by atoms with Gasteiger partial charge in [0.2, 0.25) is 0 Å². The number of rotatable bonds is 7. The van der Waals surface area contributed by atoms with E-state index in [1.54, 1.807) is 0 Å². The number of hydrogen-bond donors (Lipinski definition) is 0. The van der Waals surface area contributed by atoms with Gasteiger partial charge >= 0.3 is 5.97 Å². The third-order valence-electron chi connectivity index (χ3n) is 3.85. The summed E-state index contributed by atoms with van der Waals surface area (Å²) in [7, 11) is 0. The summed E-state index contributed by atoms with van der Waals surface area (Å²) in [6.45, 7) is 5.52. The van der Waals surface area contributed by atoms with Gasteiger partial charge in [-0.2, -0.15) is 0 Å². The van der Waals surface area contributed by atoms with E-state index in [-0.39, 0.29) is 18.2 Å². The normalized spacial score (nSPS) is 12.5. The molecule has 0 fully saturated rings. The van der Waals surface area contributed by atoms with Crippen LogP contribution in [0.1, 0.15) is 38.3 Å². The van der Waals surface area contributed by atoms with Crippen LogP contribution in [0.25, 0.3) is 0 Å². The van der Waals surface area contributed by atoms with E-state index in [4.69, 9.17) is 4.74 Å². The average molecular weight is 417 g/mol. The zero-order valence-corrected chi connectivity index (χ0v) is 17.1. The summed E-state index contributed by atoms with van der Waals surface area (Å²) in [5.74, 6) is -0.746. The number of ketones is 1. The van der Waals surface area contributed by atoms with Crippen molar-refractivity contribution in [3.8, 4) is 0 Å². The van der Waals surface area contributed by atoms with Gasteiger partial charge in [-0.1, -0.05) is 58.4 Å². The fourth-order valence-corrected chi connectivity index (χ4v) is 2.96. The lowest BCUT2D eigenvalue weighted by Crippen LogP contribution is -2.31. The number of carbonyl (C=O) groups is 2. The quantitative estimate of drug-likeness (QED) is 0.585. The summed E-state index contributed by atoms with van der Waals surface area (Å²) in [5.41, 5.74) is 1.40. The fraction of sp³-hybridized carbons (Fsp3) is 0.364. The average Bonchev–Trinajstić information content (AvgIpc) is 2.56. The molecule has 0 radical (unpaired) electrons. The van der Waals surface area contributed by atoms with Gasteiger partial charge in [-0.15, -0.1) is 0 Å². The molecular formula is C22H25BrO3. The minimum absolute atomic E-state index is 0.0408. The number of hydrogen-bond acceptors (Lipinski definition) is 3. The van der Waals surface area contributed by atoms with E-state index in [0.29, 0.717) is 12.8 Å². The van der Waals surface area contributed by atoms with Crippen molar-refractivity contribution in [3.63, 3.8) is 0 Å². The van der Waals surface area contributed by atoms with Crippen molar-refractivity contribution in [1.29, 1.82) is 0 Å². The molecule has 0 saturated carbocycles. The minimum atomic E-state index is -0.569. The second-order valence-corrected chi connectivity index (χ2v) is 8.38. The molecule has 26 heavy (non-hydrogen) atoms. The highest BCUT2D eigenvalue weighted by atomic mass is 79.9. The molecule has 0 aliphatic carbocycles. The summed E-state index contributed by atoms with van der Waals surface area (Å²) in [6, 6.07) is 17.4. The van der Waals surface area contributed by atoms with E-state index in [2.05, 4.69) is 15.9 Å². The van der Waals surface area contributed by atoms with Crippen molar-refractivity contribution < 1.29 is 14.3 Å². The molecule has 0 aromatic heterocycles. The molecular weight excluding hydrogens is 392 g/mol. The Morgan fingerprint density at radius 1 is 0.962 bits per heavy atom. The Balaban J connectivity index is 2.07. The van der Waals surface area contributed by atoms with Gasteiger partial charge in [0.1, 0.15) is 11.4 Å². The van der Waals surface area contributed by atoms with Crippen molar-refractivity contribution in [1.82, 2.24) is 0 Å². The number of esters is 1. The van der Waals surface area contributed by atoms with Gasteiger partial charge in [0.15, 0.2) is 0 Å². The Labute approximate surface area is 163 Å². The van der Waals surface area contributed by atoms with Crippen LogP contribution in [0.2, 0.25) is 0 Å². The molecule has 138 valence electrons. The maximum Gasteiger partial charge on any atom is 0.310 e. The van der Waals surface area contributed by atoms with Crippen LogP contribution in [0, 0.1) is 5.92 Å². The highest BCUT2D eigenvalue weighted by Crippen LogP contribution is 2.20. The number of benzene rings is 2. The third kappa shape index (κ3) is 7.12. The zero-order valence-electron chi connectivity index (χ0n) is 15.5. The fourth-order valence-electron chi connectivity index (χ4n) is 2.70. The molecule has 0 aliphatic rings. The predicted molar refractivity (Wildman–Crippen MR) is 107 cm³/mol. The second kappa shape index (κ2) is 9.13. The second-order valence-electron chi connectivity index (χ2n) is 7.47. The van der Waals surface area contributed by atoms with E-state index >= 15 is 0 Å². The first-order valence-corrected chi connectivity index (χ1v) is 9.55. The molecule has 1 atom stereocenters. The largest absolute Gasteiger partial charge is 0.460 e. The molecule has 4 heteroatoms. The Kier molecular flexibility index (Phi) is 7.15. The molecule has 2 rings (SSSR count). The van der Waals surface area contributed by atoms with E-state index < -0.39 is 11.5 Å². The van der Waals surface area contributed by atoms with E-state index in [9.17, 15) is 9.59 Å². The smallest absolute Gasteiger partial charge is 0.310 e. The zero-order chi connectivity index (χ0) is 19.2. The molecule has 3 nitrogen and oxygen atoms in total. The maximum absolute atomic E-state index is 12.6. The molecule has 2 aromatic rings. The molecule has 0 amide bonds. The maximum atomic E-state index is 12.6. The van der Waals surface area contributed by atoms with E-state index in [1.165, 1.54) is 0 Å². The number of Topliss-reactive ketones (excluding diaryl/α,β-unsaturated/α-hetero) is 1. The van der Waals surface area contributed by atoms with Crippen LogP contribution in [-0.4, -0.2) is 17.4 Å². The molecule has 0 aliphatic heterocycles. The molecule has 0 heterocycles. The number of carbonyl (C=O) groups excluding carboxylic acids is 2. The number of ether oxygens (including phenoxy) is 1. The van der Waals surface area contributed by atoms with Crippen LogP contribution in [0.4, 0.5) is 0 Å². The third-order valence-corrected chi connectivity index (χ3v) is 4.38. The van der Waals surface area contributed by atoms with Crippen molar-refractivity contribution in [2.75, 3.05) is 0 Å². The van der Waals surface area contributed by atoms with Gasteiger partial charge < -0.3 is 4.74 Å². The summed E-state index contributed by atoms with van der Waals surface area (Å²) in [6.07, 6.45) is 1.00. The van der Waals surface area contributed by atoms with Crippen LogP contribution in [0.5, 0.6) is 0 Å². The van der Waals surface area contributed by atoms with Crippen molar-refractivity contribution in [2.45, 2.75) is 45.6 Å². The van der Waals surface area contributed by atoms with Crippen LogP contribution >= 0.6 is 15.9 Å². The lowest BCUT2D eigenvalue weighted by Gasteiger charge is -2.24. The molecule has 0 spiro atoms. The first-order chi connectivity index (χ1) is 12.2. The lowest BCUT2D eigenvalue weighted by molar-refractivity contribution is -0.161. The molecule has 0 unspecified atom stereocenters. The monoisotopic (exact) mass is 416 g/mol. The van der Waals surface area contributed by atoms with Crippen molar-refractivity contribution in [3.05, 3.63) is 70.2 Å². The molecule has 0 N–H and O–H groups in total. The first-order valence-electron chi connectivity index (χ1n) is 8.76. The summed E-state index contributed by atoms with van der Waals surface area (Å²) >= 11 is 3.39. The van der Waals surface area contributed by atoms with Gasteiger partial charge in [0.05, 0.1) is 5.92 Å². The molecule has 0 bridgehead atoms. The Morgan fingerprint density at radius 2 is 1.58 bits per heavy atom. The van der Waals surface area contributed by atoms with Gasteiger partial charge in [0, 0.05) is 17.3 Å². The van der Waals surface area contributed by atoms with Crippen LogP contribution in [0.3, 0.4) is 0 Å². The Morgan fingerprint density at radius 3 is 2.15 bits per heavy atom. The highest BCUT2D eigenvalue weighted by Gasteiger charge is 2.27. The predicted octanol–water partition coefficient (Wildman–Crippen LogP) is 5.15. The minimum Gasteiger partial charge on any atom is -0.460 e. The standard InChI is InChI=1S/C22H25BrO3/c1-22(2,3)26-21(25)18(13-16-7-5-4-6-8-16)15-20(24)14-17-9-11-19(23)12-10-17/h4-12,18H,13-15H2,1-3H3/t18-/m1/s1. The first kappa shape index (κ1) is 20.4. The Hall–Kier alpha value is -1.94. The SMILES string of the molecule is CC(C)(C)OC(=O)[C@@H](CC(=O)Cc1ccc(Br)cc1)Cc1ccccc1. The topological polar surface area (TPSA) is 43.4 Å². The van der Waals surface area contributed by atoms with E-state index in [1.807, 2.05) is 75.4 Å². The van der Waals surface area contributed by atoms with Crippen molar-refractivity contribution in [2.24, 2.45) is 5.92 Å². The van der Waals surface area contributed by atoms with Crippen molar-refractivity contribution >= 4 is 27.7 Å². The number of halogens is 1. The summed E-state index contributed by atoms with van der Waals surface area (Å²) in [4.78, 5) is 25.2. The Bertz CT molecular complexity index is 730.